The van der Waals surface area contributed by atoms with Crippen LogP contribution >= 0.6 is 7.82 Å². The lowest BCUT2D eigenvalue weighted by atomic mass is 10.1. The largest absolute Gasteiger partial charge is 0.756 e. The third kappa shape index (κ3) is 54.1. The number of carbonyl (C=O) groups excluding carboxylic acids is 2. The summed E-state index contributed by atoms with van der Waals surface area (Å²) in [6.45, 7) is 6.78. The van der Waals surface area contributed by atoms with Gasteiger partial charge in [-0.3, -0.25) is 14.2 Å². The summed E-state index contributed by atoms with van der Waals surface area (Å²) in [6.07, 6.45) is 67.2. The highest BCUT2D eigenvalue weighted by atomic mass is 31.2. The first-order chi connectivity index (χ1) is 35.4. The zero-order valence-corrected chi connectivity index (χ0v) is 49.2. The van der Waals surface area contributed by atoms with Crippen molar-refractivity contribution >= 4 is 19.7 Å². The highest BCUT2D eigenvalue weighted by Gasteiger charge is 2.27. The smallest absolute Gasteiger partial charge is 0.306 e. The number of likely N-dealkylation sites (N-methyl/N-ethyl adjacent to an activating group) is 1. The number of phosphoric ester groups is 1. The number of hydrogen-bond donors (Lipinski definition) is 1. The van der Waals surface area contributed by atoms with Crippen LogP contribution in [0.5, 0.6) is 0 Å². The minimum absolute atomic E-state index is 0.0292. The molecular formula is C63H115N2O7P. The first-order valence-electron chi connectivity index (χ1n) is 30.2. The number of unbranched alkanes of at least 4 members (excludes halogenated alkanes) is 28. The summed E-state index contributed by atoms with van der Waals surface area (Å²) in [5.41, 5.74) is 0. The molecule has 424 valence electrons. The van der Waals surface area contributed by atoms with Gasteiger partial charge in [-0.05, 0) is 102 Å². The molecule has 1 amide bonds. The monoisotopic (exact) mass is 1040 g/mol. The van der Waals surface area contributed by atoms with Crippen LogP contribution in [-0.2, 0) is 27.9 Å². The van der Waals surface area contributed by atoms with Crippen molar-refractivity contribution in [1.82, 2.24) is 5.32 Å². The number of esters is 1. The predicted octanol–water partition coefficient (Wildman–Crippen LogP) is 17.8. The zero-order valence-electron chi connectivity index (χ0n) is 48.3. The fourth-order valence-electron chi connectivity index (χ4n) is 8.38. The van der Waals surface area contributed by atoms with Crippen LogP contribution in [0.15, 0.2) is 72.9 Å². The third-order valence-electron chi connectivity index (χ3n) is 13.1. The lowest BCUT2D eigenvalue weighted by molar-refractivity contribution is -0.870. The Balaban J connectivity index is 5.28. The van der Waals surface area contributed by atoms with Crippen molar-refractivity contribution in [2.24, 2.45) is 0 Å². The Bertz CT molecular complexity index is 1480. The zero-order chi connectivity index (χ0) is 53.6. The van der Waals surface area contributed by atoms with E-state index in [1.165, 1.54) is 122 Å². The highest BCUT2D eigenvalue weighted by Crippen LogP contribution is 2.38. The molecule has 0 aromatic carbocycles. The Kier molecular flexibility index (Phi) is 51.0. The number of rotatable bonds is 54. The van der Waals surface area contributed by atoms with Gasteiger partial charge < -0.3 is 28.5 Å². The number of nitrogens with zero attached hydrogens (tertiary/aromatic N) is 1. The second-order valence-corrected chi connectivity index (χ2v) is 22.9. The minimum Gasteiger partial charge on any atom is -0.756 e. The SMILES string of the molecule is CCCCC/C=C\C/C=C\C/C=C\C/C=C\CCCCCCCC(=O)NC(COP(=O)([O-])OCC[N+](C)(C)C)C(/C=C\CCCCCCCCCCC)OC(=O)CCCCCCCCC/C=C\CCCCCC. The first kappa shape index (κ1) is 70.5. The maximum atomic E-state index is 13.5. The Morgan fingerprint density at radius 2 is 0.836 bits per heavy atom. The number of phosphoric acid groups is 1. The van der Waals surface area contributed by atoms with Crippen molar-refractivity contribution in [3.8, 4) is 0 Å². The van der Waals surface area contributed by atoms with E-state index in [0.717, 1.165) is 103 Å². The molecule has 1 N–H and O–H groups in total. The number of quaternary nitrogens is 1. The van der Waals surface area contributed by atoms with E-state index in [4.69, 9.17) is 13.8 Å². The summed E-state index contributed by atoms with van der Waals surface area (Å²) in [4.78, 5) is 39.9. The Morgan fingerprint density at radius 3 is 1.30 bits per heavy atom. The van der Waals surface area contributed by atoms with Gasteiger partial charge in [-0.15, -0.1) is 0 Å². The van der Waals surface area contributed by atoms with Gasteiger partial charge in [0.05, 0.1) is 33.8 Å². The number of allylic oxidation sites excluding steroid dienone is 11. The molecule has 0 radical (unpaired) electrons. The minimum atomic E-state index is -4.70. The van der Waals surface area contributed by atoms with Gasteiger partial charge in [0.15, 0.2) is 0 Å². The summed E-state index contributed by atoms with van der Waals surface area (Å²) in [7, 11) is 1.16. The Labute approximate surface area is 451 Å². The van der Waals surface area contributed by atoms with Gasteiger partial charge in [0.1, 0.15) is 19.3 Å². The molecule has 73 heavy (non-hydrogen) atoms. The van der Waals surface area contributed by atoms with E-state index in [-0.39, 0.29) is 24.9 Å². The lowest BCUT2D eigenvalue weighted by Crippen LogP contribution is -2.47. The standard InChI is InChI=1S/C63H115N2O7P/c1-7-10-13-16-19-22-25-27-29-30-31-32-33-34-36-37-40-43-46-49-52-55-62(66)64-60(59-71-73(68,69)70-58-57-65(4,5)6)61(54-51-48-45-42-39-24-21-18-15-12-9-3)72-63(67)56-53-50-47-44-41-38-35-28-26-23-20-17-14-11-8-2/h19,22-23,26-27,29,31-32,34,36,51,54,60-61H,7-18,20-21,24-25,28,30,33,35,37-50,52-53,55-59H2,1-6H3,(H-,64,66,68,69)/b22-19-,26-23-,29-27-,32-31-,36-34-,54-51-. The number of carbonyl (C=O) groups is 2. The fourth-order valence-corrected chi connectivity index (χ4v) is 9.10. The maximum Gasteiger partial charge on any atom is 0.306 e. The van der Waals surface area contributed by atoms with Crippen LogP contribution in [0.25, 0.3) is 0 Å². The molecule has 3 atom stereocenters. The van der Waals surface area contributed by atoms with Crippen molar-refractivity contribution < 1.29 is 37.3 Å². The van der Waals surface area contributed by atoms with Crippen molar-refractivity contribution in [1.29, 1.82) is 0 Å². The number of amides is 1. The molecule has 0 saturated carbocycles. The van der Waals surface area contributed by atoms with Crippen molar-refractivity contribution in [3.05, 3.63) is 72.9 Å². The lowest BCUT2D eigenvalue weighted by Gasteiger charge is -2.30. The van der Waals surface area contributed by atoms with Crippen LogP contribution in [-0.4, -0.2) is 69.4 Å². The molecule has 0 aromatic heterocycles. The van der Waals surface area contributed by atoms with Crippen molar-refractivity contribution in [2.45, 2.75) is 277 Å². The Morgan fingerprint density at radius 1 is 0.479 bits per heavy atom. The van der Waals surface area contributed by atoms with E-state index in [1.54, 1.807) is 0 Å². The summed E-state index contributed by atoms with van der Waals surface area (Å²) in [6, 6.07) is -0.901. The highest BCUT2D eigenvalue weighted by molar-refractivity contribution is 7.45. The van der Waals surface area contributed by atoms with E-state index >= 15 is 0 Å². The number of nitrogens with one attached hydrogen (secondary N) is 1. The van der Waals surface area contributed by atoms with Crippen LogP contribution in [0.1, 0.15) is 265 Å². The van der Waals surface area contributed by atoms with Crippen molar-refractivity contribution in [2.75, 3.05) is 40.9 Å². The number of hydrogen-bond acceptors (Lipinski definition) is 7. The van der Waals surface area contributed by atoms with E-state index < -0.39 is 26.6 Å². The van der Waals surface area contributed by atoms with Gasteiger partial charge in [0, 0.05) is 12.8 Å². The van der Waals surface area contributed by atoms with Crippen LogP contribution in [0, 0.1) is 0 Å². The van der Waals surface area contributed by atoms with E-state index in [1.807, 2.05) is 33.3 Å². The second-order valence-electron chi connectivity index (χ2n) is 21.5. The van der Waals surface area contributed by atoms with Crippen LogP contribution in [0.2, 0.25) is 0 Å². The Hall–Kier alpha value is -2.55. The van der Waals surface area contributed by atoms with Crippen LogP contribution in [0.4, 0.5) is 0 Å². The van der Waals surface area contributed by atoms with Gasteiger partial charge >= 0.3 is 5.97 Å². The molecule has 0 aliphatic carbocycles. The molecule has 0 aliphatic heterocycles. The predicted molar refractivity (Wildman–Crippen MR) is 312 cm³/mol. The first-order valence-corrected chi connectivity index (χ1v) is 31.7. The summed E-state index contributed by atoms with van der Waals surface area (Å²) in [5, 5.41) is 3.01. The summed E-state index contributed by atoms with van der Waals surface area (Å²) < 4.78 is 30.2. The van der Waals surface area contributed by atoms with Gasteiger partial charge in [-0.2, -0.15) is 0 Å². The molecule has 0 saturated heterocycles. The molecule has 9 nitrogen and oxygen atoms in total. The van der Waals surface area contributed by atoms with Crippen LogP contribution in [0.3, 0.4) is 0 Å². The van der Waals surface area contributed by atoms with Gasteiger partial charge in [-0.25, -0.2) is 0 Å². The maximum absolute atomic E-state index is 13.5. The van der Waals surface area contributed by atoms with Crippen LogP contribution < -0.4 is 10.2 Å². The molecule has 3 unspecified atom stereocenters. The van der Waals surface area contributed by atoms with Gasteiger partial charge in [0.25, 0.3) is 7.82 Å². The molecule has 0 heterocycles. The fraction of sp³-hybridized carbons (Fsp3) is 0.778. The molecule has 0 spiro atoms. The second kappa shape index (κ2) is 52.9. The quantitative estimate of drug-likeness (QED) is 0.0212. The normalized spacial score (nSPS) is 14.2. The van der Waals surface area contributed by atoms with Gasteiger partial charge in [-0.1, -0.05) is 222 Å². The third-order valence-corrected chi connectivity index (χ3v) is 14.1. The average molecular weight is 1040 g/mol. The van der Waals surface area contributed by atoms with Gasteiger partial charge in [0.2, 0.25) is 5.91 Å². The molecule has 0 aromatic rings. The van der Waals surface area contributed by atoms with E-state index in [2.05, 4.69) is 86.8 Å². The molecule has 0 rings (SSSR count). The molecular weight excluding hydrogens is 928 g/mol. The molecule has 0 aliphatic rings. The topological polar surface area (TPSA) is 114 Å². The molecule has 0 fully saturated rings. The molecule has 10 heteroatoms. The molecule has 0 bridgehead atoms. The average Bonchev–Trinajstić information content (AvgIpc) is 3.35. The summed E-state index contributed by atoms with van der Waals surface area (Å²) in [5.74, 6) is -0.567. The van der Waals surface area contributed by atoms with E-state index in [9.17, 15) is 19.0 Å². The number of ether oxygens (including phenoxy) is 1. The summed E-state index contributed by atoms with van der Waals surface area (Å²) >= 11 is 0. The van der Waals surface area contributed by atoms with E-state index in [0.29, 0.717) is 23.9 Å². The van der Waals surface area contributed by atoms with Crippen molar-refractivity contribution in [3.63, 3.8) is 0 Å².